The number of hydrogen-bond donors (Lipinski definition) is 0. The average molecular weight is 577 g/mol. The molecule has 1 aliphatic heterocycles. The van der Waals surface area contributed by atoms with Crippen molar-refractivity contribution in [2.24, 2.45) is 5.92 Å². The molecule has 0 aromatic heterocycles. The van der Waals surface area contributed by atoms with Crippen LogP contribution in [0.25, 0.3) is 0 Å². The monoisotopic (exact) mass is 576 g/mol. The Hall–Kier alpha value is -3.37. The van der Waals surface area contributed by atoms with E-state index >= 15 is 0 Å². The van der Waals surface area contributed by atoms with E-state index in [0.717, 1.165) is 10.4 Å². The van der Waals surface area contributed by atoms with Crippen molar-refractivity contribution in [3.8, 4) is 0 Å². The SMILES string of the molecule is C=CC[C@@H]1C=C[C@@H](CO[Si](c2ccccc2)(c2ccccc2)C(C)(C)C)CN1S(=O)(=O)c1ccc([N+](=O)[O-])cc1. The van der Waals surface area contributed by atoms with Crippen molar-refractivity contribution < 1.29 is 17.8 Å². The first-order chi connectivity index (χ1) is 19.0. The van der Waals surface area contributed by atoms with E-state index in [4.69, 9.17) is 4.43 Å². The Morgan fingerprint density at radius 3 is 2.00 bits per heavy atom. The zero-order chi connectivity index (χ0) is 29.0. The van der Waals surface area contributed by atoms with E-state index in [0.29, 0.717) is 13.0 Å². The molecule has 0 aliphatic carbocycles. The van der Waals surface area contributed by atoms with Crippen molar-refractivity contribution in [2.45, 2.75) is 43.2 Å². The molecule has 40 heavy (non-hydrogen) atoms. The minimum Gasteiger partial charge on any atom is -0.407 e. The summed E-state index contributed by atoms with van der Waals surface area (Å²) in [6.45, 7) is 11.0. The highest BCUT2D eigenvalue weighted by Gasteiger charge is 2.50. The number of sulfonamides is 1. The lowest BCUT2D eigenvalue weighted by Crippen LogP contribution is -2.67. The minimum atomic E-state index is -3.93. The van der Waals surface area contributed by atoms with Gasteiger partial charge in [0.05, 0.1) is 9.82 Å². The summed E-state index contributed by atoms with van der Waals surface area (Å²) in [4.78, 5) is 10.6. The second-order valence-electron chi connectivity index (χ2n) is 11.0. The Labute approximate surface area is 238 Å². The minimum absolute atomic E-state index is 0.0223. The molecule has 0 radical (unpaired) electrons. The van der Waals surface area contributed by atoms with Crippen molar-refractivity contribution in [1.82, 2.24) is 4.31 Å². The van der Waals surface area contributed by atoms with E-state index in [1.54, 1.807) is 6.08 Å². The fraction of sp³-hybridized carbons (Fsp3) is 0.290. The quantitative estimate of drug-likeness (QED) is 0.142. The second-order valence-corrected chi connectivity index (χ2v) is 17.2. The van der Waals surface area contributed by atoms with Gasteiger partial charge in [-0.3, -0.25) is 10.1 Å². The molecule has 1 aliphatic rings. The first kappa shape index (κ1) is 29.6. The van der Waals surface area contributed by atoms with Crippen LogP contribution in [0.2, 0.25) is 5.04 Å². The first-order valence-corrected chi connectivity index (χ1v) is 16.7. The van der Waals surface area contributed by atoms with Crippen LogP contribution in [-0.2, 0) is 14.4 Å². The van der Waals surface area contributed by atoms with Crippen LogP contribution >= 0.6 is 0 Å². The molecule has 0 fully saturated rings. The van der Waals surface area contributed by atoms with Crippen LogP contribution in [-0.4, -0.2) is 45.2 Å². The number of non-ortho nitro benzene ring substituents is 1. The summed E-state index contributed by atoms with van der Waals surface area (Å²) in [5, 5.41) is 13.2. The lowest BCUT2D eigenvalue weighted by Gasteiger charge is -2.44. The molecule has 0 bridgehead atoms. The molecule has 1 heterocycles. The topological polar surface area (TPSA) is 89.8 Å². The van der Waals surface area contributed by atoms with Gasteiger partial charge in [0.15, 0.2) is 0 Å². The number of nitrogens with zero attached hydrogens (tertiary/aromatic N) is 2. The van der Waals surface area contributed by atoms with Crippen molar-refractivity contribution in [3.63, 3.8) is 0 Å². The molecule has 0 N–H and O–H groups in total. The van der Waals surface area contributed by atoms with Crippen LogP contribution in [0.4, 0.5) is 5.69 Å². The predicted molar refractivity (Wildman–Crippen MR) is 162 cm³/mol. The summed E-state index contributed by atoms with van der Waals surface area (Å²) < 4.78 is 36.1. The summed E-state index contributed by atoms with van der Waals surface area (Å²) in [5.41, 5.74) is -0.156. The van der Waals surface area contributed by atoms with E-state index in [1.165, 1.54) is 28.6 Å². The Morgan fingerprint density at radius 1 is 0.975 bits per heavy atom. The van der Waals surface area contributed by atoms with Crippen LogP contribution in [0, 0.1) is 16.0 Å². The third-order valence-corrected chi connectivity index (χ3v) is 14.3. The molecule has 2 atom stereocenters. The molecule has 0 amide bonds. The molecule has 4 rings (SSSR count). The van der Waals surface area contributed by atoms with Crippen LogP contribution in [0.3, 0.4) is 0 Å². The Morgan fingerprint density at radius 2 is 1.52 bits per heavy atom. The zero-order valence-corrected chi connectivity index (χ0v) is 25.0. The van der Waals surface area contributed by atoms with Gasteiger partial charge in [0.25, 0.3) is 14.0 Å². The van der Waals surface area contributed by atoms with Crippen molar-refractivity contribution in [3.05, 3.63) is 120 Å². The fourth-order valence-corrected chi connectivity index (χ4v) is 11.7. The molecule has 0 saturated carbocycles. The third kappa shape index (κ3) is 5.88. The van der Waals surface area contributed by atoms with E-state index in [9.17, 15) is 18.5 Å². The van der Waals surface area contributed by atoms with Gasteiger partial charge < -0.3 is 4.43 Å². The summed E-state index contributed by atoms with van der Waals surface area (Å²) in [6, 6.07) is 25.3. The zero-order valence-electron chi connectivity index (χ0n) is 23.1. The molecular weight excluding hydrogens is 541 g/mol. The molecular formula is C31H36N2O5SSi. The van der Waals surface area contributed by atoms with Gasteiger partial charge in [-0.15, -0.1) is 6.58 Å². The highest BCUT2D eigenvalue weighted by Crippen LogP contribution is 2.37. The normalized spacial score (nSPS) is 18.4. The van der Waals surface area contributed by atoms with Crippen LogP contribution < -0.4 is 10.4 Å². The molecule has 9 heteroatoms. The van der Waals surface area contributed by atoms with Crippen LogP contribution in [0.5, 0.6) is 0 Å². The number of nitro benzene ring substituents is 1. The highest BCUT2D eigenvalue weighted by molar-refractivity contribution is 7.89. The molecule has 210 valence electrons. The van der Waals surface area contributed by atoms with Gasteiger partial charge in [0.2, 0.25) is 10.0 Å². The second kappa shape index (κ2) is 12.0. The van der Waals surface area contributed by atoms with Gasteiger partial charge in [-0.2, -0.15) is 4.31 Å². The Bertz CT molecular complexity index is 1410. The van der Waals surface area contributed by atoms with Crippen LogP contribution in [0.1, 0.15) is 27.2 Å². The highest BCUT2D eigenvalue weighted by atomic mass is 32.2. The number of nitro groups is 1. The molecule has 3 aromatic rings. The van der Waals surface area contributed by atoms with Crippen molar-refractivity contribution in [1.29, 1.82) is 0 Å². The Kier molecular flexibility index (Phi) is 8.89. The molecule has 0 spiro atoms. The molecule has 7 nitrogen and oxygen atoms in total. The first-order valence-electron chi connectivity index (χ1n) is 13.3. The van der Waals surface area contributed by atoms with Gasteiger partial charge in [-0.1, -0.05) is 99.7 Å². The maximum absolute atomic E-state index is 13.8. The smallest absolute Gasteiger partial charge is 0.269 e. The fourth-order valence-electron chi connectivity index (χ4n) is 5.43. The lowest BCUT2D eigenvalue weighted by atomic mass is 10.0. The third-order valence-electron chi connectivity index (χ3n) is 7.38. The van der Waals surface area contributed by atoms with E-state index in [1.807, 2.05) is 48.6 Å². The van der Waals surface area contributed by atoms with Gasteiger partial charge in [0, 0.05) is 37.2 Å². The van der Waals surface area contributed by atoms with E-state index in [2.05, 4.69) is 51.6 Å². The lowest BCUT2D eigenvalue weighted by molar-refractivity contribution is -0.384. The largest absolute Gasteiger partial charge is 0.407 e. The number of rotatable bonds is 10. The molecule has 3 aromatic carbocycles. The van der Waals surface area contributed by atoms with Gasteiger partial charge in [-0.05, 0) is 34.0 Å². The predicted octanol–water partition coefficient (Wildman–Crippen LogP) is 5.29. The number of hydrogen-bond acceptors (Lipinski definition) is 5. The maximum Gasteiger partial charge on any atom is 0.269 e. The summed E-state index contributed by atoms with van der Waals surface area (Å²) in [7, 11) is -6.72. The summed E-state index contributed by atoms with van der Waals surface area (Å²) in [6.07, 6.45) is 6.11. The van der Waals surface area contributed by atoms with Crippen LogP contribution in [0.15, 0.2) is 115 Å². The summed E-state index contributed by atoms with van der Waals surface area (Å²) in [5.74, 6) is -0.185. The number of benzene rings is 3. The standard InChI is InChI=1S/C31H36N2O5SSi/c1-5-12-26-18-17-25(23-32(26)39(36,37)28-21-19-27(20-22-28)33(34)35)24-38-40(31(2,3)4,29-13-8-6-9-14-29)30-15-10-7-11-16-30/h5-11,13-22,25-26H,1,12,23-24H2,2-4H3/t25-,26-/m1/s1. The van der Waals surface area contributed by atoms with Gasteiger partial charge in [-0.25, -0.2) is 8.42 Å². The van der Waals surface area contributed by atoms with Gasteiger partial charge >= 0.3 is 0 Å². The summed E-state index contributed by atoms with van der Waals surface area (Å²) >= 11 is 0. The van der Waals surface area contributed by atoms with E-state index < -0.39 is 29.3 Å². The van der Waals surface area contributed by atoms with Gasteiger partial charge in [0.1, 0.15) is 0 Å². The molecule has 0 unspecified atom stereocenters. The maximum atomic E-state index is 13.8. The van der Waals surface area contributed by atoms with Crippen molar-refractivity contribution >= 4 is 34.4 Å². The van der Waals surface area contributed by atoms with Crippen molar-refractivity contribution in [2.75, 3.05) is 13.2 Å². The van der Waals surface area contributed by atoms with E-state index in [-0.39, 0.29) is 28.1 Å². The average Bonchev–Trinajstić information content (AvgIpc) is 2.94. The Balaban J connectivity index is 1.68. The molecule has 0 saturated heterocycles.